The Balaban J connectivity index is 3.28. The molecule has 1 aromatic rings. The second-order valence-electron chi connectivity index (χ2n) is 3.31. The van der Waals surface area contributed by atoms with Crippen LogP contribution in [0.4, 0.5) is 26.3 Å². The minimum absolute atomic E-state index is 0.142. The summed E-state index contributed by atoms with van der Waals surface area (Å²) in [5.41, 5.74) is -2.20. The Morgan fingerprint density at radius 2 is 1.74 bits per heavy atom. The first-order valence-electron chi connectivity index (χ1n) is 4.61. The van der Waals surface area contributed by atoms with Crippen molar-refractivity contribution in [2.75, 3.05) is 5.33 Å². The maximum absolute atomic E-state index is 12.7. The van der Waals surface area contributed by atoms with E-state index in [0.717, 1.165) is 0 Å². The lowest BCUT2D eigenvalue weighted by atomic mass is 10.0. The number of rotatable bonds is 3. The van der Waals surface area contributed by atoms with Gasteiger partial charge in [-0.3, -0.25) is 4.79 Å². The molecule has 0 saturated carbocycles. The summed E-state index contributed by atoms with van der Waals surface area (Å²) in [5, 5.41) is -0.379. The van der Waals surface area contributed by atoms with E-state index in [0.29, 0.717) is 12.1 Å². The summed E-state index contributed by atoms with van der Waals surface area (Å²) in [4.78, 5) is 11.3. The van der Waals surface area contributed by atoms with Crippen molar-refractivity contribution in [2.24, 2.45) is 0 Å². The summed E-state index contributed by atoms with van der Waals surface area (Å²) >= 11 is 2.69. The van der Waals surface area contributed by atoms with Crippen molar-refractivity contribution in [2.45, 2.75) is 12.5 Å². The molecule has 1 aromatic carbocycles. The molecule has 106 valence electrons. The van der Waals surface area contributed by atoms with Crippen LogP contribution in [-0.4, -0.2) is 17.5 Å². The van der Waals surface area contributed by atoms with Crippen molar-refractivity contribution in [3.63, 3.8) is 0 Å². The van der Waals surface area contributed by atoms with Gasteiger partial charge in [-0.15, -0.1) is 13.2 Å². The fourth-order valence-electron chi connectivity index (χ4n) is 1.27. The van der Waals surface area contributed by atoms with Crippen LogP contribution in [0.15, 0.2) is 18.2 Å². The lowest BCUT2D eigenvalue weighted by Crippen LogP contribution is -2.19. The fourth-order valence-corrected chi connectivity index (χ4v) is 1.57. The molecule has 0 bridgehead atoms. The van der Waals surface area contributed by atoms with Crippen molar-refractivity contribution in [1.29, 1.82) is 0 Å². The van der Waals surface area contributed by atoms with E-state index in [1.54, 1.807) is 0 Å². The highest BCUT2D eigenvalue weighted by Crippen LogP contribution is 2.36. The zero-order valence-corrected chi connectivity index (χ0v) is 10.5. The number of halogens is 7. The van der Waals surface area contributed by atoms with E-state index < -0.39 is 35.2 Å². The second kappa shape index (κ2) is 5.40. The van der Waals surface area contributed by atoms with E-state index in [2.05, 4.69) is 20.7 Å². The van der Waals surface area contributed by atoms with E-state index in [1.165, 1.54) is 0 Å². The molecule has 0 N–H and O–H groups in total. The van der Waals surface area contributed by atoms with E-state index in [-0.39, 0.29) is 11.4 Å². The van der Waals surface area contributed by atoms with Gasteiger partial charge in [0.05, 0.1) is 10.9 Å². The van der Waals surface area contributed by atoms with Crippen LogP contribution in [0.5, 0.6) is 5.75 Å². The number of Topliss-reactive ketones (excluding diaryl/α,β-unsaturated/α-hetero) is 1. The summed E-state index contributed by atoms with van der Waals surface area (Å²) in [6.07, 6.45) is -10.1. The summed E-state index contributed by atoms with van der Waals surface area (Å²) in [6.45, 7) is 0. The van der Waals surface area contributed by atoms with Crippen molar-refractivity contribution in [3.05, 3.63) is 29.3 Å². The molecule has 0 saturated heterocycles. The maximum Gasteiger partial charge on any atom is 0.573 e. The zero-order chi connectivity index (χ0) is 14.8. The second-order valence-corrected chi connectivity index (χ2v) is 3.87. The Morgan fingerprint density at radius 3 is 2.16 bits per heavy atom. The quantitative estimate of drug-likeness (QED) is 0.464. The Kier molecular flexibility index (Phi) is 4.49. The molecule has 9 heteroatoms. The number of ketones is 1. The van der Waals surface area contributed by atoms with Crippen LogP contribution >= 0.6 is 15.9 Å². The van der Waals surface area contributed by atoms with Crippen molar-refractivity contribution in [1.82, 2.24) is 0 Å². The fraction of sp³-hybridized carbons (Fsp3) is 0.300. The lowest BCUT2D eigenvalue weighted by Gasteiger charge is -2.14. The first-order chi connectivity index (χ1) is 8.54. The predicted molar refractivity (Wildman–Crippen MR) is 56.3 cm³/mol. The molecule has 0 radical (unpaired) electrons. The zero-order valence-electron chi connectivity index (χ0n) is 8.90. The van der Waals surface area contributed by atoms with Gasteiger partial charge in [-0.1, -0.05) is 15.9 Å². The van der Waals surface area contributed by atoms with Gasteiger partial charge in [-0.2, -0.15) is 13.2 Å². The van der Waals surface area contributed by atoms with Gasteiger partial charge in [-0.05, 0) is 18.2 Å². The van der Waals surface area contributed by atoms with Gasteiger partial charge in [-0.25, -0.2) is 0 Å². The molecular weight excluding hydrogens is 346 g/mol. The summed E-state index contributed by atoms with van der Waals surface area (Å²) in [7, 11) is 0. The monoisotopic (exact) mass is 350 g/mol. The third-order valence-electron chi connectivity index (χ3n) is 1.95. The van der Waals surface area contributed by atoms with Gasteiger partial charge in [0.15, 0.2) is 5.78 Å². The third kappa shape index (κ3) is 4.41. The highest BCUT2D eigenvalue weighted by atomic mass is 79.9. The topological polar surface area (TPSA) is 26.3 Å². The average Bonchev–Trinajstić information content (AvgIpc) is 2.24. The van der Waals surface area contributed by atoms with Crippen LogP contribution in [0.3, 0.4) is 0 Å². The van der Waals surface area contributed by atoms with Crippen molar-refractivity contribution in [3.8, 4) is 5.75 Å². The Labute approximate surface area is 111 Å². The molecule has 0 fully saturated rings. The van der Waals surface area contributed by atoms with Gasteiger partial charge in [0.1, 0.15) is 5.75 Å². The standard InChI is InChI=1S/C10H5BrF6O2/c11-4-8(18)6-2-1-5(19-10(15,16)17)3-7(6)9(12,13)14/h1-3H,4H2. The van der Waals surface area contributed by atoms with Gasteiger partial charge in [0, 0.05) is 5.56 Å². The number of alkyl halides is 7. The van der Waals surface area contributed by atoms with Gasteiger partial charge < -0.3 is 4.74 Å². The predicted octanol–water partition coefficient (Wildman–Crippen LogP) is 4.18. The van der Waals surface area contributed by atoms with Crippen LogP contribution in [0.25, 0.3) is 0 Å². The van der Waals surface area contributed by atoms with Crippen molar-refractivity contribution < 1.29 is 35.9 Å². The molecule has 0 atom stereocenters. The molecule has 19 heavy (non-hydrogen) atoms. The molecule has 0 heterocycles. The summed E-state index contributed by atoms with van der Waals surface area (Å²) in [6, 6.07) is 1.44. The number of hydrogen-bond acceptors (Lipinski definition) is 2. The SMILES string of the molecule is O=C(CBr)c1ccc(OC(F)(F)F)cc1C(F)(F)F. The molecular formula is C10H5BrF6O2. The first kappa shape index (κ1) is 15.8. The molecule has 0 spiro atoms. The van der Waals surface area contributed by atoms with Gasteiger partial charge >= 0.3 is 12.5 Å². The van der Waals surface area contributed by atoms with Crippen LogP contribution < -0.4 is 4.74 Å². The largest absolute Gasteiger partial charge is 0.573 e. The number of benzene rings is 1. The van der Waals surface area contributed by atoms with E-state index in [1.807, 2.05) is 0 Å². The number of ether oxygens (including phenoxy) is 1. The maximum atomic E-state index is 12.7. The normalized spacial score (nSPS) is 12.4. The number of hydrogen-bond donors (Lipinski definition) is 0. The van der Waals surface area contributed by atoms with Crippen molar-refractivity contribution >= 4 is 21.7 Å². The molecule has 0 aliphatic rings. The minimum atomic E-state index is -5.11. The molecule has 1 rings (SSSR count). The van der Waals surface area contributed by atoms with Gasteiger partial charge in [0.25, 0.3) is 0 Å². The smallest absolute Gasteiger partial charge is 0.406 e. The van der Waals surface area contributed by atoms with Crippen LogP contribution in [0.2, 0.25) is 0 Å². The minimum Gasteiger partial charge on any atom is -0.406 e. The average molecular weight is 351 g/mol. The highest BCUT2D eigenvalue weighted by molar-refractivity contribution is 9.09. The molecule has 2 nitrogen and oxygen atoms in total. The summed E-state index contributed by atoms with van der Waals surface area (Å²) < 4.78 is 77.1. The summed E-state index contributed by atoms with van der Waals surface area (Å²) in [5.74, 6) is -1.93. The number of carbonyl (C=O) groups excluding carboxylic acids is 1. The van der Waals surface area contributed by atoms with Gasteiger partial charge in [0.2, 0.25) is 0 Å². The van der Waals surface area contributed by atoms with E-state index in [4.69, 9.17) is 0 Å². The molecule has 0 aromatic heterocycles. The Hall–Kier alpha value is -1.25. The lowest BCUT2D eigenvalue weighted by molar-refractivity contribution is -0.274. The van der Waals surface area contributed by atoms with E-state index >= 15 is 0 Å². The molecule has 0 unspecified atom stereocenters. The molecule has 0 aliphatic heterocycles. The van der Waals surface area contributed by atoms with E-state index in [9.17, 15) is 31.1 Å². The van der Waals surface area contributed by atoms with Crippen LogP contribution in [-0.2, 0) is 6.18 Å². The first-order valence-corrected chi connectivity index (χ1v) is 5.73. The highest BCUT2D eigenvalue weighted by Gasteiger charge is 2.37. The van der Waals surface area contributed by atoms with Crippen LogP contribution in [0.1, 0.15) is 15.9 Å². The van der Waals surface area contributed by atoms with Crippen LogP contribution in [0, 0.1) is 0 Å². The third-order valence-corrected chi connectivity index (χ3v) is 2.46. The molecule has 0 aliphatic carbocycles. The Morgan fingerprint density at radius 1 is 1.16 bits per heavy atom. The molecule has 0 amide bonds. The Bertz CT molecular complexity index is 480. The number of carbonyl (C=O) groups is 1.